The van der Waals surface area contributed by atoms with Gasteiger partial charge in [-0.3, -0.25) is 19.2 Å². The Morgan fingerprint density at radius 3 is 0.864 bits per heavy atom. The van der Waals surface area contributed by atoms with E-state index in [-0.39, 0.29) is 62.0 Å². The molecule has 2 amide bonds. The molecular weight excluding hydrogens is 569 g/mol. The number of hydrogen-bond acceptors (Lipinski definition) is 5. The summed E-state index contributed by atoms with van der Waals surface area (Å²) in [5, 5.41) is 17.2. The van der Waals surface area contributed by atoms with Crippen molar-refractivity contribution in [2.24, 2.45) is 0 Å². The zero-order valence-corrected chi connectivity index (χ0v) is 31.5. The standard InChI is InChI=1S/C19H37NO3.C15H29NO3.H3N.Na.H/c1-3-4-5-6-7-8-9-10-11-12-13-14-15-16-18(21)20(2)17-19(22)23;1-3-4-5-6-7-8-9-10-11-12-14(17)16(2)13-15(18)19;;;/h3-17H2,1-2H3,(H,22,23);3-13H2,1-2H3,(H,18,19);1H3;;/q;;;+1;-1. The van der Waals surface area contributed by atoms with Crippen LogP contribution in [0.2, 0.25) is 0 Å². The zero-order valence-electron chi connectivity index (χ0n) is 30.5. The summed E-state index contributed by atoms with van der Waals surface area (Å²) in [6, 6.07) is 0. The van der Waals surface area contributed by atoms with Crippen LogP contribution in [-0.4, -0.2) is 71.0 Å². The van der Waals surface area contributed by atoms with E-state index < -0.39 is 11.9 Å². The number of carbonyl (C=O) groups excluding carboxylic acids is 2. The van der Waals surface area contributed by atoms with Crippen molar-refractivity contribution in [3.63, 3.8) is 0 Å². The van der Waals surface area contributed by atoms with Gasteiger partial charge in [0.05, 0.1) is 0 Å². The van der Waals surface area contributed by atoms with Crippen LogP contribution in [-0.2, 0) is 19.2 Å². The molecule has 0 radical (unpaired) electrons. The molecule has 0 fully saturated rings. The maximum atomic E-state index is 11.6. The Kier molecular flexibility index (Phi) is 43.0. The zero-order chi connectivity index (χ0) is 31.8. The number of carboxylic acid groups (broad SMARTS) is 2. The molecule has 0 aliphatic carbocycles. The van der Waals surface area contributed by atoms with Gasteiger partial charge < -0.3 is 27.6 Å². The van der Waals surface area contributed by atoms with Crippen molar-refractivity contribution in [2.45, 2.75) is 168 Å². The first-order valence-electron chi connectivity index (χ1n) is 17.1. The van der Waals surface area contributed by atoms with Gasteiger partial charge in [-0.1, -0.05) is 142 Å². The number of unbranched alkanes of at least 4 members (excludes halogenated alkanes) is 20. The second kappa shape index (κ2) is 38.0. The van der Waals surface area contributed by atoms with Gasteiger partial charge in [-0.2, -0.15) is 0 Å². The van der Waals surface area contributed by atoms with Crippen LogP contribution in [0.4, 0.5) is 0 Å². The van der Waals surface area contributed by atoms with E-state index in [2.05, 4.69) is 13.8 Å². The van der Waals surface area contributed by atoms with Gasteiger partial charge in [0, 0.05) is 26.9 Å². The summed E-state index contributed by atoms with van der Waals surface area (Å²) < 4.78 is 0. The molecule has 0 atom stereocenters. The molecule has 0 rings (SSSR count). The van der Waals surface area contributed by atoms with Crippen molar-refractivity contribution in [3.8, 4) is 0 Å². The topological polar surface area (TPSA) is 150 Å². The third-order valence-corrected chi connectivity index (χ3v) is 7.58. The molecule has 258 valence electrons. The quantitative estimate of drug-likeness (QED) is 0.0730. The Morgan fingerprint density at radius 1 is 0.455 bits per heavy atom. The Hall–Kier alpha value is -1.16. The fraction of sp³-hybridized carbons (Fsp3) is 0.882. The van der Waals surface area contributed by atoms with Gasteiger partial charge in [0.15, 0.2) is 0 Å². The summed E-state index contributed by atoms with van der Waals surface area (Å²) in [6.07, 6.45) is 28.6. The summed E-state index contributed by atoms with van der Waals surface area (Å²) in [6.45, 7) is 4.08. The number of carbonyl (C=O) groups is 4. The van der Waals surface area contributed by atoms with Gasteiger partial charge in [-0.05, 0) is 12.8 Å². The summed E-state index contributed by atoms with van der Waals surface area (Å²) >= 11 is 0. The largest absolute Gasteiger partial charge is 1.00 e. The molecule has 0 aromatic heterocycles. The van der Waals surface area contributed by atoms with E-state index in [0.717, 1.165) is 25.7 Å². The fourth-order valence-electron chi connectivity index (χ4n) is 4.84. The maximum absolute atomic E-state index is 11.6. The van der Waals surface area contributed by atoms with Crippen LogP contribution in [0.5, 0.6) is 0 Å². The number of hydrogen-bond donors (Lipinski definition) is 3. The molecule has 0 spiro atoms. The fourth-order valence-corrected chi connectivity index (χ4v) is 4.84. The minimum absolute atomic E-state index is 0. The number of aliphatic carboxylic acids is 2. The number of rotatable bonds is 28. The Bertz CT molecular complexity index is 688. The predicted octanol–water partition coefficient (Wildman–Crippen LogP) is 5.74. The number of nitrogens with zero attached hydrogens (tertiary/aromatic N) is 2. The number of amides is 2. The first-order chi connectivity index (χ1) is 20.1. The van der Waals surface area contributed by atoms with E-state index in [1.54, 1.807) is 14.1 Å². The van der Waals surface area contributed by atoms with Crippen LogP contribution in [0.15, 0.2) is 0 Å². The number of carboxylic acids is 2. The van der Waals surface area contributed by atoms with Crippen molar-refractivity contribution in [1.29, 1.82) is 0 Å². The van der Waals surface area contributed by atoms with Crippen molar-refractivity contribution < 1.29 is 60.4 Å². The summed E-state index contributed by atoms with van der Waals surface area (Å²) in [5.41, 5.74) is 0. The third-order valence-electron chi connectivity index (χ3n) is 7.58. The normalized spacial score (nSPS) is 10.1. The minimum Gasteiger partial charge on any atom is -1.00 e. The van der Waals surface area contributed by atoms with E-state index in [0.29, 0.717) is 12.8 Å². The van der Waals surface area contributed by atoms with Gasteiger partial charge in [-0.15, -0.1) is 0 Å². The molecular formula is C34H70N3NaO6. The van der Waals surface area contributed by atoms with E-state index in [4.69, 9.17) is 10.2 Å². The molecule has 10 heteroatoms. The predicted molar refractivity (Wildman–Crippen MR) is 179 cm³/mol. The molecule has 44 heavy (non-hydrogen) atoms. The van der Waals surface area contributed by atoms with Crippen molar-refractivity contribution in [3.05, 3.63) is 0 Å². The van der Waals surface area contributed by atoms with E-state index >= 15 is 0 Å². The molecule has 0 aromatic carbocycles. The molecule has 0 aromatic rings. The van der Waals surface area contributed by atoms with Crippen molar-refractivity contribution in [1.82, 2.24) is 16.0 Å². The number of likely N-dealkylation sites (N-methyl/N-ethyl adjacent to an activating group) is 2. The molecule has 0 bridgehead atoms. The van der Waals surface area contributed by atoms with Gasteiger partial charge in [0.2, 0.25) is 11.8 Å². The molecule has 5 N–H and O–H groups in total. The average Bonchev–Trinajstić information content (AvgIpc) is 2.94. The van der Waals surface area contributed by atoms with Crippen LogP contribution in [0, 0.1) is 0 Å². The average molecular weight is 640 g/mol. The molecule has 0 saturated heterocycles. The second-order valence-electron chi connectivity index (χ2n) is 11.9. The van der Waals surface area contributed by atoms with Crippen molar-refractivity contribution in [2.75, 3.05) is 27.2 Å². The molecule has 0 aliphatic rings. The third kappa shape index (κ3) is 38.9. The molecule has 0 saturated carbocycles. The summed E-state index contributed by atoms with van der Waals surface area (Å²) in [7, 11) is 3.10. The Balaban J connectivity index is -0.000000226. The molecule has 0 aliphatic heterocycles. The second-order valence-corrected chi connectivity index (χ2v) is 11.9. The van der Waals surface area contributed by atoms with Crippen LogP contribution in [0.3, 0.4) is 0 Å². The van der Waals surface area contributed by atoms with E-state index in [1.165, 1.54) is 125 Å². The van der Waals surface area contributed by atoms with Crippen molar-refractivity contribution >= 4 is 23.8 Å². The summed E-state index contributed by atoms with van der Waals surface area (Å²) in [4.78, 5) is 46.7. The van der Waals surface area contributed by atoms with Crippen LogP contribution in [0.25, 0.3) is 0 Å². The summed E-state index contributed by atoms with van der Waals surface area (Å²) in [5.74, 6) is -2.03. The van der Waals surface area contributed by atoms with E-state index in [9.17, 15) is 19.2 Å². The van der Waals surface area contributed by atoms with Crippen LogP contribution in [0.1, 0.15) is 169 Å². The first kappa shape index (κ1) is 49.7. The molecule has 9 nitrogen and oxygen atoms in total. The van der Waals surface area contributed by atoms with Gasteiger partial charge >= 0.3 is 41.5 Å². The van der Waals surface area contributed by atoms with Crippen LogP contribution < -0.4 is 35.7 Å². The van der Waals surface area contributed by atoms with Gasteiger partial charge in [0.1, 0.15) is 13.1 Å². The Morgan fingerprint density at radius 2 is 0.659 bits per heavy atom. The minimum atomic E-state index is -0.956. The van der Waals surface area contributed by atoms with Gasteiger partial charge in [0.25, 0.3) is 0 Å². The molecule has 0 unspecified atom stereocenters. The van der Waals surface area contributed by atoms with Crippen LogP contribution >= 0.6 is 0 Å². The van der Waals surface area contributed by atoms with Gasteiger partial charge in [-0.25, -0.2) is 0 Å². The smallest absolute Gasteiger partial charge is 1.00 e. The monoisotopic (exact) mass is 640 g/mol. The maximum Gasteiger partial charge on any atom is 1.00 e. The van der Waals surface area contributed by atoms with E-state index in [1.807, 2.05) is 0 Å². The first-order valence-corrected chi connectivity index (χ1v) is 17.1. The Labute approximate surface area is 294 Å². The SMILES string of the molecule is CCCCCCCCCCCC(=O)N(C)CC(=O)O.CCCCCCCCCCCCCCCC(=O)N(C)CC(=O)O.N.[H-].[Na+]. The molecule has 0 heterocycles.